The van der Waals surface area contributed by atoms with E-state index < -0.39 is 19.9 Å². The topological polar surface area (TPSA) is 80.3 Å². The molecule has 118 valence electrons. The van der Waals surface area contributed by atoms with Crippen LogP contribution in [0.25, 0.3) is 0 Å². The second kappa shape index (κ2) is 5.70. The van der Waals surface area contributed by atoms with Gasteiger partial charge in [0.05, 0.1) is 9.79 Å². The predicted molar refractivity (Wildman–Crippen MR) is 81.6 cm³/mol. The third kappa shape index (κ3) is 3.64. The average Bonchev–Trinajstić information content (AvgIpc) is 2.82. The van der Waals surface area contributed by atoms with Crippen molar-refractivity contribution in [1.29, 1.82) is 0 Å². The maximum atomic E-state index is 12.5. The molecule has 0 bridgehead atoms. The van der Waals surface area contributed by atoms with Crippen LogP contribution in [0.5, 0.6) is 0 Å². The molecule has 5 nitrogen and oxygen atoms in total. The van der Waals surface area contributed by atoms with Gasteiger partial charge in [0.1, 0.15) is 0 Å². The third-order valence-corrected chi connectivity index (χ3v) is 6.69. The normalized spacial score (nSPS) is 17.3. The highest BCUT2D eigenvalue weighted by atomic mass is 32.2. The van der Waals surface area contributed by atoms with Gasteiger partial charge in [-0.3, -0.25) is 0 Å². The first-order valence-electron chi connectivity index (χ1n) is 6.95. The second-order valence-corrected chi connectivity index (χ2v) is 9.43. The van der Waals surface area contributed by atoms with E-state index in [1.54, 1.807) is 13.8 Å². The van der Waals surface area contributed by atoms with Crippen molar-refractivity contribution in [3.05, 3.63) is 23.3 Å². The van der Waals surface area contributed by atoms with Crippen LogP contribution in [0.15, 0.2) is 21.9 Å². The van der Waals surface area contributed by atoms with Crippen molar-refractivity contribution in [2.24, 2.45) is 0 Å². The Kier molecular flexibility index (Phi) is 4.46. The first-order chi connectivity index (χ1) is 9.61. The number of hydrogen-bond acceptors (Lipinski definition) is 4. The van der Waals surface area contributed by atoms with Crippen molar-refractivity contribution in [2.75, 3.05) is 6.26 Å². The van der Waals surface area contributed by atoms with Crippen LogP contribution in [0.2, 0.25) is 0 Å². The van der Waals surface area contributed by atoms with Crippen molar-refractivity contribution < 1.29 is 16.8 Å². The Bertz CT molecular complexity index is 745. The quantitative estimate of drug-likeness (QED) is 0.914. The van der Waals surface area contributed by atoms with E-state index in [9.17, 15) is 16.8 Å². The molecule has 0 saturated heterocycles. The Labute approximate surface area is 126 Å². The van der Waals surface area contributed by atoms with Crippen LogP contribution in [0.1, 0.15) is 36.8 Å². The molecule has 1 aliphatic rings. The summed E-state index contributed by atoms with van der Waals surface area (Å²) in [6, 6.07) is 3.00. The van der Waals surface area contributed by atoms with Crippen LogP contribution in [-0.4, -0.2) is 29.1 Å². The molecule has 7 heteroatoms. The van der Waals surface area contributed by atoms with Gasteiger partial charge in [-0.2, -0.15) is 0 Å². The van der Waals surface area contributed by atoms with Gasteiger partial charge in [0.2, 0.25) is 10.0 Å². The largest absolute Gasteiger partial charge is 0.241 e. The molecule has 0 radical (unpaired) electrons. The van der Waals surface area contributed by atoms with Gasteiger partial charge in [0, 0.05) is 12.3 Å². The summed E-state index contributed by atoms with van der Waals surface area (Å²) in [4.78, 5) is 0.143. The van der Waals surface area contributed by atoms with E-state index in [0.717, 1.165) is 31.9 Å². The monoisotopic (exact) mass is 331 g/mol. The summed E-state index contributed by atoms with van der Waals surface area (Å²) in [6.45, 7) is 3.24. The van der Waals surface area contributed by atoms with Crippen LogP contribution in [0.3, 0.4) is 0 Å². The van der Waals surface area contributed by atoms with Gasteiger partial charge in [-0.15, -0.1) is 0 Å². The first-order valence-corrected chi connectivity index (χ1v) is 10.3. The molecule has 1 aliphatic carbocycles. The molecule has 0 aliphatic heterocycles. The molecule has 0 amide bonds. The number of rotatable bonds is 4. The molecule has 0 spiro atoms. The van der Waals surface area contributed by atoms with E-state index in [1.807, 2.05) is 0 Å². The molecule has 0 aromatic heterocycles. The lowest BCUT2D eigenvalue weighted by molar-refractivity contribution is 0.551. The van der Waals surface area contributed by atoms with Crippen LogP contribution < -0.4 is 4.72 Å². The van der Waals surface area contributed by atoms with Crippen LogP contribution in [-0.2, 0) is 19.9 Å². The number of sulfone groups is 1. The highest BCUT2D eigenvalue weighted by Gasteiger charge is 2.26. The lowest BCUT2D eigenvalue weighted by atomic mass is 10.2. The van der Waals surface area contributed by atoms with E-state index in [1.165, 1.54) is 12.1 Å². The molecular weight excluding hydrogens is 310 g/mol. The van der Waals surface area contributed by atoms with Gasteiger partial charge < -0.3 is 0 Å². The maximum absolute atomic E-state index is 12.5. The lowest BCUT2D eigenvalue weighted by Crippen LogP contribution is -2.33. The Morgan fingerprint density at radius 1 is 1.00 bits per heavy atom. The number of hydrogen-bond donors (Lipinski definition) is 1. The number of nitrogens with one attached hydrogen (secondary N) is 1. The van der Waals surface area contributed by atoms with Crippen molar-refractivity contribution in [1.82, 2.24) is 4.72 Å². The van der Waals surface area contributed by atoms with Crippen LogP contribution in [0.4, 0.5) is 0 Å². The first kappa shape index (κ1) is 16.5. The Balaban J connectivity index is 2.50. The third-order valence-electron chi connectivity index (χ3n) is 3.82. The zero-order valence-corrected chi connectivity index (χ0v) is 14.1. The summed E-state index contributed by atoms with van der Waals surface area (Å²) in [7, 11) is -7.15. The smallest absolute Gasteiger partial charge is 0.224 e. The zero-order valence-electron chi connectivity index (χ0n) is 12.5. The summed E-state index contributed by atoms with van der Waals surface area (Å²) >= 11 is 0. The highest BCUT2D eigenvalue weighted by Crippen LogP contribution is 2.26. The van der Waals surface area contributed by atoms with Crippen molar-refractivity contribution in [3.63, 3.8) is 0 Å². The Hall–Kier alpha value is -0.920. The van der Waals surface area contributed by atoms with E-state index in [4.69, 9.17) is 0 Å². The molecule has 1 aromatic rings. The fourth-order valence-electron chi connectivity index (χ4n) is 2.78. The summed E-state index contributed by atoms with van der Waals surface area (Å²) in [6.07, 6.45) is 4.81. The molecule has 1 aromatic carbocycles. The lowest BCUT2D eigenvalue weighted by Gasteiger charge is -2.16. The van der Waals surface area contributed by atoms with E-state index in [-0.39, 0.29) is 21.4 Å². The summed E-state index contributed by atoms with van der Waals surface area (Å²) in [5, 5.41) is 0. The summed E-state index contributed by atoms with van der Waals surface area (Å²) in [5.41, 5.74) is 0.904. The van der Waals surface area contributed by atoms with Gasteiger partial charge in [0.15, 0.2) is 9.84 Å². The fraction of sp³-hybridized carbons (Fsp3) is 0.571. The second-order valence-electron chi connectivity index (χ2n) is 5.76. The minimum Gasteiger partial charge on any atom is -0.224 e. The minimum absolute atomic E-state index is 0.0448. The summed E-state index contributed by atoms with van der Waals surface area (Å²) < 4.78 is 51.4. The van der Waals surface area contributed by atoms with Crippen molar-refractivity contribution in [2.45, 2.75) is 55.4 Å². The SMILES string of the molecule is Cc1cc(S(C)(=O)=O)c(C)c(S(=O)(=O)NC2CCCC2)c1. The highest BCUT2D eigenvalue weighted by molar-refractivity contribution is 7.91. The molecule has 0 atom stereocenters. The molecule has 1 N–H and O–H groups in total. The van der Waals surface area contributed by atoms with E-state index in [2.05, 4.69) is 4.72 Å². The molecule has 1 fully saturated rings. The Morgan fingerprint density at radius 3 is 2.05 bits per heavy atom. The van der Waals surface area contributed by atoms with Crippen molar-refractivity contribution in [3.8, 4) is 0 Å². The van der Waals surface area contributed by atoms with Gasteiger partial charge in [0.25, 0.3) is 0 Å². The predicted octanol–water partition coefficient (Wildman–Crippen LogP) is 1.93. The number of benzene rings is 1. The molecule has 21 heavy (non-hydrogen) atoms. The van der Waals surface area contributed by atoms with Crippen LogP contribution >= 0.6 is 0 Å². The molecule has 0 heterocycles. The van der Waals surface area contributed by atoms with E-state index in [0.29, 0.717) is 5.56 Å². The van der Waals surface area contributed by atoms with Gasteiger partial charge in [-0.05, 0) is 49.9 Å². The molecule has 2 rings (SSSR count). The number of sulfonamides is 1. The molecular formula is C14H21NO4S2. The van der Waals surface area contributed by atoms with Crippen LogP contribution in [0, 0.1) is 13.8 Å². The average molecular weight is 331 g/mol. The molecule has 1 saturated carbocycles. The van der Waals surface area contributed by atoms with Crippen molar-refractivity contribution >= 4 is 19.9 Å². The maximum Gasteiger partial charge on any atom is 0.241 e. The van der Waals surface area contributed by atoms with Gasteiger partial charge in [-0.1, -0.05) is 12.8 Å². The Morgan fingerprint density at radius 2 is 1.52 bits per heavy atom. The number of aryl methyl sites for hydroxylation is 1. The van der Waals surface area contributed by atoms with Gasteiger partial charge >= 0.3 is 0 Å². The molecule has 0 unspecified atom stereocenters. The minimum atomic E-state index is -3.69. The standard InChI is InChI=1S/C14H21NO4S2/c1-10-8-13(20(3,16)17)11(2)14(9-10)21(18,19)15-12-6-4-5-7-12/h8-9,12,15H,4-7H2,1-3H3. The fourth-order valence-corrected chi connectivity index (χ4v) is 5.57. The van der Waals surface area contributed by atoms with E-state index >= 15 is 0 Å². The summed E-state index contributed by atoms with van der Waals surface area (Å²) in [5.74, 6) is 0. The van der Waals surface area contributed by atoms with Gasteiger partial charge in [-0.25, -0.2) is 21.6 Å². The zero-order chi connectivity index (χ0) is 15.8.